The molecule has 8 heteroatoms. The lowest BCUT2D eigenvalue weighted by molar-refractivity contribution is -0.384. The van der Waals surface area contributed by atoms with E-state index in [1.54, 1.807) is 6.07 Å². The minimum Gasteiger partial charge on any atom is -0.318 e. The van der Waals surface area contributed by atoms with Crippen LogP contribution >= 0.6 is 11.6 Å². The average Bonchev–Trinajstić information content (AvgIpc) is 2.51. The zero-order chi connectivity index (χ0) is 17.9. The number of amides is 2. The van der Waals surface area contributed by atoms with Crippen molar-refractivity contribution < 1.29 is 14.5 Å². The van der Waals surface area contributed by atoms with E-state index < -0.39 is 16.7 Å². The first-order chi connectivity index (χ1) is 11.3. The van der Waals surface area contributed by atoms with Gasteiger partial charge in [0.05, 0.1) is 4.92 Å². The SMILES string of the molecule is Cc1ccc(NC(=O)C(=O)Nc2ccc(Cl)c([N+](=O)[O-])c2)c(C)c1. The Kier molecular flexibility index (Phi) is 5.15. The molecule has 2 N–H and O–H groups in total. The van der Waals surface area contributed by atoms with Gasteiger partial charge in [0.15, 0.2) is 0 Å². The fourth-order valence-electron chi connectivity index (χ4n) is 2.05. The molecule has 0 atom stereocenters. The van der Waals surface area contributed by atoms with Gasteiger partial charge in [0.1, 0.15) is 5.02 Å². The molecule has 0 aliphatic rings. The minimum absolute atomic E-state index is 0.0577. The maximum absolute atomic E-state index is 12.0. The maximum atomic E-state index is 12.0. The molecule has 0 fully saturated rings. The lowest BCUT2D eigenvalue weighted by Crippen LogP contribution is -2.29. The zero-order valence-corrected chi connectivity index (χ0v) is 13.7. The summed E-state index contributed by atoms with van der Waals surface area (Å²) in [5, 5.41) is 15.6. The van der Waals surface area contributed by atoms with Crippen molar-refractivity contribution in [2.75, 3.05) is 10.6 Å². The van der Waals surface area contributed by atoms with Gasteiger partial charge < -0.3 is 10.6 Å². The highest BCUT2D eigenvalue weighted by atomic mass is 35.5. The van der Waals surface area contributed by atoms with Gasteiger partial charge >= 0.3 is 11.8 Å². The first kappa shape index (κ1) is 17.4. The number of carbonyl (C=O) groups excluding carboxylic acids is 2. The van der Waals surface area contributed by atoms with Crippen LogP contribution in [0, 0.1) is 24.0 Å². The quantitative estimate of drug-likeness (QED) is 0.504. The number of nitro groups is 1. The molecule has 0 aliphatic heterocycles. The molecule has 0 unspecified atom stereocenters. The highest BCUT2D eigenvalue weighted by Crippen LogP contribution is 2.27. The van der Waals surface area contributed by atoms with E-state index in [0.717, 1.165) is 17.2 Å². The van der Waals surface area contributed by atoms with Crippen LogP contribution in [0.1, 0.15) is 11.1 Å². The van der Waals surface area contributed by atoms with Crippen molar-refractivity contribution in [2.24, 2.45) is 0 Å². The Labute approximate surface area is 142 Å². The molecule has 2 aromatic rings. The number of anilines is 2. The molecule has 0 aliphatic carbocycles. The normalized spacial score (nSPS) is 10.1. The molecular formula is C16H14ClN3O4. The summed E-state index contributed by atoms with van der Waals surface area (Å²) in [5.74, 6) is -1.81. The summed E-state index contributed by atoms with van der Waals surface area (Å²) in [6, 6.07) is 9.11. The van der Waals surface area contributed by atoms with Gasteiger partial charge in [-0.2, -0.15) is 0 Å². The Bertz CT molecular complexity index is 836. The number of rotatable bonds is 3. The third-order valence-corrected chi connectivity index (χ3v) is 3.56. The van der Waals surface area contributed by atoms with Crippen LogP contribution in [0.25, 0.3) is 0 Å². The van der Waals surface area contributed by atoms with Crippen LogP contribution in [0.4, 0.5) is 17.1 Å². The second-order valence-corrected chi connectivity index (χ2v) is 5.56. The van der Waals surface area contributed by atoms with Gasteiger partial charge in [-0.15, -0.1) is 0 Å². The summed E-state index contributed by atoms with van der Waals surface area (Å²) in [6.07, 6.45) is 0. The van der Waals surface area contributed by atoms with Crippen LogP contribution in [0.15, 0.2) is 36.4 Å². The Morgan fingerprint density at radius 1 is 1.04 bits per heavy atom. The number of nitrogens with one attached hydrogen (secondary N) is 2. The molecule has 0 radical (unpaired) electrons. The number of halogens is 1. The van der Waals surface area contributed by atoms with Gasteiger partial charge in [-0.3, -0.25) is 19.7 Å². The predicted molar refractivity (Wildman–Crippen MR) is 91.3 cm³/mol. The first-order valence-corrected chi connectivity index (χ1v) is 7.29. The Hall–Kier alpha value is -2.93. The summed E-state index contributed by atoms with van der Waals surface area (Å²) < 4.78 is 0. The van der Waals surface area contributed by atoms with E-state index in [1.165, 1.54) is 12.1 Å². The fraction of sp³-hybridized carbons (Fsp3) is 0.125. The number of nitro benzene ring substituents is 1. The molecule has 24 heavy (non-hydrogen) atoms. The van der Waals surface area contributed by atoms with E-state index in [0.29, 0.717) is 5.69 Å². The molecule has 0 aromatic heterocycles. The molecule has 124 valence electrons. The van der Waals surface area contributed by atoms with Crippen LogP contribution in [0.2, 0.25) is 5.02 Å². The van der Waals surface area contributed by atoms with Crippen LogP contribution < -0.4 is 10.6 Å². The zero-order valence-electron chi connectivity index (χ0n) is 12.9. The number of hydrogen-bond donors (Lipinski definition) is 2. The molecule has 2 aromatic carbocycles. The third kappa shape index (κ3) is 4.08. The summed E-state index contributed by atoms with van der Waals surface area (Å²) in [6.45, 7) is 3.72. The smallest absolute Gasteiger partial charge is 0.314 e. The molecular weight excluding hydrogens is 334 g/mol. The summed E-state index contributed by atoms with van der Waals surface area (Å²) in [5.41, 5.74) is 2.11. The van der Waals surface area contributed by atoms with Gasteiger partial charge in [0, 0.05) is 17.4 Å². The molecule has 2 amide bonds. The van der Waals surface area contributed by atoms with Crippen LogP contribution in [0.3, 0.4) is 0 Å². The van der Waals surface area contributed by atoms with Gasteiger partial charge in [-0.05, 0) is 37.6 Å². The van der Waals surface area contributed by atoms with Crippen molar-refractivity contribution in [3.63, 3.8) is 0 Å². The molecule has 0 spiro atoms. The maximum Gasteiger partial charge on any atom is 0.314 e. The van der Waals surface area contributed by atoms with E-state index >= 15 is 0 Å². The largest absolute Gasteiger partial charge is 0.318 e. The molecule has 0 saturated carbocycles. The van der Waals surface area contributed by atoms with Crippen molar-refractivity contribution in [3.8, 4) is 0 Å². The van der Waals surface area contributed by atoms with E-state index in [1.807, 2.05) is 26.0 Å². The van der Waals surface area contributed by atoms with Crippen LogP contribution in [-0.4, -0.2) is 16.7 Å². The lowest BCUT2D eigenvalue weighted by atomic mass is 10.1. The lowest BCUT2D eigenvalue weighted by Gasteiger charge is -2.09. The molecule has 2 rings (SSSR count). The van der Waals surface area contributed by atoms with Gasteiger partial charge in [0.2, 0.25) is 0 Å². The highest BCUT2D eigenvalue weighted by molar-refractivity contribution is 6.43. The summed E-state index contributed by atoms with van der Waals surface area (Å²) in [7, 11) is 0. The van der Waals surface area contributed by atoms with Crippen molar-refractivity contribution in [1.29, 1.82) is 0 Å². The van der Waals surface area contributed by atoms with Crippen LogP contribution in [0.5, 0.6) is 0 Å². The predicted octanol–water partition coefficient (Wildman–Crippen LogP) is 3.44. The number of carbonyl (C=O) groups is 2. The molecule has 7 nitrogen and oxygen atoms in total. The monoisotopic (exact) mass is 347 g/mol. The number of nitrogens with zero attached hydrogens (tertiary/aromatic N) is 1. The molecule has 0 heterocycles. The van der Waals surface area contributed by atoms with E-state index in [4.69, 9.17) is 11.6 Å². The number of hydrogen-bond acceptors (Lipinski definition) is 4. The van der Waals surface area contributed by atoms with E-state index in [2.05, 4.69) is 10.6 Å². The van der Waals surface area contributed by atoms with Crippen LogP contribution in [-0.2, 0) is 9.59 Å². The van der Waals surface area contributed by atoms with Crippen molar-refractivity contribution in [3.05, 3.63) is 62.7 Å². The second-order valence-electron chi connectivity index (χ2n) is 5.15. The van der Waals surface area contributed by atoms with Crippen molar-refractivity contribution >= 4 is 40.5 Å². The minimum atomic E-state index is -0.938. The number of aryl methyl sites for hydroxylation is 2. The first-order valence-electron chi connectivity index (χ1n) is 6.91. The van der Waals surface area contributed by atoms with Crippen molar-refractivity contribution in [2.45, 2.75) is 13.8 Å². The highest BCUT2D eigenvalue weighted by Gasteiger charge is 2.18. The van der Waals surface area contributed by atoms with E-state index in [-0.39, 0.29) is 16.4 Å². The fourth-order valence-corrected chi connectivity index (χ4v) is 2.24. The number of benzene rings is 2. The molecule has 0 bridgehead atoms. The van der Waals surface area contributed by atoms with E-state index in [9.17, 15) is 19.7 Å². The summed E-state index contributed by atoms with van der Waals surface area (Å²) >= 11 is 5.69. The topological polar surface area (TPSA) is 101 Å². The summed E-state index contributed by atoms with van der Waals surface area (Å²) in [4.78, 5) is 34.0. The average molecular weight is 348 g/mol. The Morgan fingerprint density at radius 3 is 2.33 bits per heavy atom. The van der Waals surface area contributed by atoms with Gasteiger partial charge in [0.25, 0.3) is 5.69 Å². The Balaban J connectivity index is 2.10. The standard InChI is InChI=1S/C16H14ClN3O4/c1-9-3-6-13(10(2)7-9)19-16(22)15(21)18-11-4-5-12(17)14(8-11)20(23)24/h3-8H,1-2H3,(H,18,21)(H,19,22). The van der Waals surface area contributed by atoms with Crippen molar-refractivity contribution in [1.82, 2.24) is 0 Å². The second kappa shape index (κ2) is 7.10. The van der Waals surface area contributed by atoms with Gasteiger partial charge in [-0.25, -0.2) is 0 Å². The third-order valence-electron chi connectivity index (χ3n) is 3.24. The Morgan fingerprint density at radius 2 is 1.71 bits per heavy atom. The van der Waals surface area contributed by atoms with Gasteiger partial charge in [-0.1, -0.05) is 29.3 Å². The molecule has 0 saturated heterocycles.